The SMILES string of the molecule is COc1ccc(N(CC(F)(F)F)C(C)C)c(N)c1. The first-order valence-electron chi connectivity index (χ1n) is 5.51. The Morgan fingerprint density at radius 3 is 2.33 bits per heavy atom. The van der Waals surface area contributed by atoms with Crippen molar-refractivity contribution in [2.45, 2.75) is 26.1 Å². The summed E-state index contributed by atoms with van der Waals surface area (Å²) >= 11 is 0. The highest BCUT2D eigenvalue weighted by atomic mass is 19.4. The van der Waals surface area contributed by atoms with Crippen molar-refractivity contribution in [2.24, 2.45) is 0 Å². The minimum absolute atomic E-state index is 0.271. The second-order valence-corrected chi connectivity index (χ2v) is 4.26. The summed E-state index contributed by atoms with van der Waals surface area (Å²) in [6.07, 6.45) is -4.27. The van der Waals surface area contributed by atoms with Crippen LogP contribution in [0.3, 0.4) is 0 Å². The number of methoxy groups -OCH3 is 1. The molecule has 0 aliphatic heterocycles. The molecule has 0 radical (unpaired) electrons. The summed E-state index contributed by atoms with van der Waals surface area (Å²) in [4.78, 5) is 1.22. The summed E-state index contributed by atoms with van der Waals surface area (Å²) < 4.78 is 42.5. The van der Waals surface area contributed by atoms with E-state index in [0.717, 1.165) is 0 Å². The first-order chi connectivity index (χ1) is 8.24. The number of nitrogens with zero attached hydrogens (tertiary/aromatic N) is 1. The Hall–Kier alpha value is -1.59. The van der Waals surface area contributed by atoms with Crippen molar-refractivity contribution < 1.29 is 17.9 Å². The molecule has 2 N–H and O–H groups in total. The Morgan fingerprint density at radius 1 is 1.33 bits per heavy atom. The molecular weight excluding hydrogens is 245 g/mol. The minimum Gasteiger partial charge on any atom is -0.497 e. The van der Waals surface area contributed by atoms with Gasteiger partial charge in [-0.2, -0.15) is 13.2 Å². The number of anilines is 2. The Labute approximate surface area is 104 Å². The van der Waals surface area contributed by atoms with E-state index in [2.05, 4.69) is 0 Å². The molecule has 0 spiro atoms. The van der Waals surface area contributed by atoms with Crippen LogP contribution >= 0.6 is 0 Å². The fourth-order valence-corrected chi connectivity index (χ4v) is 1.66. The molecule has 102 valence electrons. The fourth-order valence-electron chi connectivity index (χ4n) is 1.66. The minimum atomic E-state index is -4.27. The van der Waals surface area contributed by atoms with Crippen LogP contribution in [-0.4, -0.2) is 25.9 Å². The van der Waals surface area contributed by atoms with Gasteiger partial charge >= 0.3 is 6.18 Å². The molecule has 18 heavy (non-hydrogen) atoms. The second-order valence-electron chi connectivity index (χ2n) is 4.26. The van der Waals surface area contributed by atoms with Gasteiger partial charge < -0.3 is 15.4 Å². The smallest absolute Gasteiger partial charge is 0.405 e. The monoisotopic (exact) mass is 262 g/mol. The first kappa shape index (κ1) is 14.5. The molecule has 0 aliphatic rings. The standard InChI is InChI=1S/C12H17F3N2O/c1-8(2)17(7-12(13,14)15)11-5-4-9(18-3)6-10(11)16/h4-6,8H,7,16H2,1-3H3. The summed E-state index contributed by atoms with van der Waals surface area (Å²) in [6.45, 7) is 2.35. The summed E-state index contributed by atoms with van der Waals surface area (Å²) in [7, 11) is 1.48. The second kappa shape index (κ2) is 5.37. The highest BCUT2D eigenvalue weighted by Gasteiger charge is 2.32. The molecule has 0 unspecified atom stereocenters. The first-order valence-corrected chi connectivity index (χ1v) is 5.51. The van der Waals surface area contributed by atoms with E-state index in [0.29, 0.717) is 11.4 Å². The zero-order valence-corrected chi connectivity index (χ0v) is 10.6. The molecule has 0 heterocycles. The van der Waals surface area contributed by atoms with Gasteiger partial charge in [-0.1, -0.05) is 0 Å². The van der Waals surface area contributed by atoms with E-state index in [1.54, 1.807) is 26.0 Å². The average molecular weight is 262 g/mol. The van der Waals surface area contributed by atoms with E-state index in [-0.39, 0.29) is 11.7 Å². The van der Waals surface area contributed by atoms with Crippen LogP contribution in [0.5, 0.6) is 5.75 Å². The molecule has 6 heteroatoms. The van der Waals surface area contributed by atoms with Crippen LogP contribution in [0.1, 0.15) is 13.8 Å². The van der Waals surface area contributed by atoms with Gasteiger partial charge in [0, 0.05) is 12.1 Å². The zero-order valence-electron chi connectivity index (χ0n) is 10.6. The number of nitrogen functional groups attached to an aromatic ring is 1. The van der Waals surface area contributed by atoms with Crippen LogP contribution in [0.25, 0.3) is 0 Å². The lowest BCUT2D eigenvalue weighted by molar-refractivity contribution is -0.120. The predicted octanol–water partition coefficient (Wildman–Crippen LogP) is 3.05. The molecule has 0 fully saturated rings. The lowest BCUT2D eigenvalue weighted by Gasteiger charge is -2.31. The fraction of sp³-hybridized carbons (Fsp3) is 0.500. The Morgan fingerprint density at radius 2 is 1.94 bits per heavy atom. The number of rotatable bonds is 4. The molecule has 1 aromatic rings. The van der Waals surface area contributed by atoms with Gasteiger partial charge in [-0.15, -0.1) is 0 Å². The molecule has 0 aliphatic carbocycles. The number of benzene rings is 1. The van der Waals surface area contributed by atoms with Crippen molar-refractivity contribution >= 4 is 11.4 Å². The zero-order chi connectivity index (χ0) is 13.9. The van der Waals surface area contributed by atoms with Crippen LogP contribution in [0.4, 0.5) is 24.5 Å². The molecular formula is C12H17F3N2O. The van der Waals surface area contributed by atoms with Gasteiger partial charge in [0.2, 0.25) is 0 Å². The van der Waals surface area contributed by atoms with Crippen LogP contribution in [-0.2, 0) is 0 Å². The van der Waals surface area contributed by atoms with Crippen molar-refractivity contribution in [2.75, 3.05) is 24.3 Å². The molecule has 0 bridgehead atoms. The number of hydrogen-bond acceptors (Lipinski definition) is 3. The molecule has 0 amide bonds. The number of alkyl halides is 3. The number of halogens is 3. The summed E-state index contributed by atoms with van der Waals surface area (Å²) in [5.74, 6) is 0.520. The quantitative estimate of drug-likeness (QED) is 0.847. The van der Waals surface area contributed by atoms with E-state index >= 15 is 0 Å². The van der Waals surface area contributed by atoms with Crippen LogP contribution in [0.2, 0.25) is 0 Å². The van der Waals surface area contributed by atoms with Crippen molar-refractivity contribution in [1.82, 2.24) is 0 Å². The van der Waals surface area contributed by atoms with E-state index in [1.807, 2.05) is 0 Å². The van der Waals surface area contributed by atoms with Crippen LogP contribution in [0.15, 0.2) is 18.2 Å². The van der Waals surface area contributed by atoms with E-state index in [9.17, 15) is 13.2 Å². The Balaban J connectivity index is 3.06. The third kappa shape index (κ3) is 3.72. The van der Waals surface area contributed by atoms with Gasteiger partial charge in [0.15, 0.2) is 0 Å². The van der Waals surface area contributed by atoms with Gasteiger partial charge in [0.25, 0.3) is 0 Å². The van der Waals surface area contributed by atoms with E-state index < -0.39 is 12.7 Å². The third-order valence-corrected chi connectivity index (χ3v) is 2.52. The van der Waals surface area contributed by atoms with Crippen LogP contribution in [0, 0.1) is 0 Å². The van der Waals surface area contributed by atoms with Crippen molar-refractivity contribution in [1.29, 1.82) is 0 Å². The number of ether oxygens (including phenoxy) is 1. The highest BCUT2D eigenvalue weighted by molar-refractivity contribution is 5.70. The van der Waals surface area contributed by atoms with E-state index in [1.165, 1.54) is 18.1 Å². The molecule has 3 nitrogen and oxygen atoms in total. The van der Waals surface area contributed by atoms with Crippen molar-refractivity contribution in [3.05, 3.63) is 18.2 Å². The lowest BCUT2D eigenvalue weighted by atomic mass is 10.2. The Kier molecular flexibility index (Phi) is 4.32. The lowest BCUT2D eigenvalue weighted by Crippen LogP contribution is -2.39. The van der Waals surface area contributed by atoms with Crippen molar-refractivity contribution in [3.63, 3.8) is 0 Å². The maximum absolute atomic E-state index is 12.5. The predicted molar refractivity (Wildman–Crippen MR) is 65.9 cm³/mol. The van der Waals surface area contributed by atoms with Gasteiger partial charge in [0.05, 0.1) is 18.5 Å². The van der Waals surface area contributed by atoms with Gasteiger partial charge in [0.1, 0.15) is 12.3 Å². The van der Waals surface area contributed by atoms with Crippen molar-refractivity contribution in [3.8, 4) is 5.75 Å². The maximum atomic E-state index is 12.5. The summed E-state index contributed by atoms with van der Waals surface area (Å²) in [5, 5.41) is 0. The molecule has 0 aromatic heterocycles. The van der Waals surface area contributed by atoms with Gasteiger partial charge in [-0.25, -0.2) is 0 Å². The molecule has 1 rings (SSSR count). The summed E-state index contributed by atoms with van der Waals surface area (Å²) in [6, 6.07) is 4.35. The number of hydrogen-bond donors (Lipinski definition) is 1. The maximum Gasteiger partial charge on any atom is 0.405 e. The highest BCUT2D eigenvalue weighted by Crippen LogP contribution is 2.31. The molecule has 1 aromatic carbocycles. The average Bonchev–Trinajstić information content (AvgIpc) is 2.24. The normalized spacial score (nSPS) is 11.7. The topological polar surface area (TPSA) is 38.5 Å². The van der Waals surface area contributed by atoms with Gasteiger partial charge in [-0.05, 0) is 26.0 Å². The number of nitrogens with two attached hydrogens (primary N) is 1. The Bertz CT molecular complexity index is 405. The molecule has 0 saturated carbocycles. The van der Waals surface area contributed by atoms with E-state index in [4.69, 9.17) is 10.5 Å². The molecule has 0 atom stereocenters. The summed E-state index contributed by atoms with van der Waals surface area (Å²) in [5.41, 5.74) is 6.40. The van der Waals surface area contributed by atoms with Crippen LogP contribution < -0.4 is 15.4 Å². The third-order valence-electron chi connectivity index (χ3n) is 2.52. The largest absolute Gasteiger partial charge is 0.497 e. The van der Waals surface area contributed by atoms with Gasteiger partial charge in [-0.3, -0.25) is 0 Å². The molecule has 0 saturated heterocycles.